The molecular formula is C20H23N5O2S. The Balaban J connectivity index is 1.45. The van der Waals surface area contributed by atoms with Gasteiger partial charge < -0.3 is 15.2 Å². The second-order valence-electron chi connectivity index (χ2n) is 7.35. The van der Waals surface area contributed by atoms with Gasteiger partial charge in [-0.3, -0.25) is 9.59 Å². The number of anilines is 1. The maximum Gasteiger partial charge on any atom is 0.229 e. The van der Waals surface area contributed by atoms with Crippen molar-refractivity contribution in [1.82, 2.24) is 19.9 Å². The van der Waals surface area contributed by atoms with Crippen LogP contribution in [0.25, 0.3) is 11.0 Å². The summed E-state index contributed by atoms with van der Waals surface area (Å²) in [5, 5.41) is 5.15. The van der Waals surface area contributed by atoms with Gasteiger partial charge in [-0.2, -0.15) is 0 Å². The molecule has 1 saturated heterocycles. The first-order chi connectivity index (χ1) is 13.5. The van der Waals surface area contributed by atoms with E-state index in [1.165, 1.54) is 11.3 Å². The Morgan fingerprint density at radius 3 is 2.93 bits per heavy atom. The molecule has 0 aliphatic carbocycles. The molecule has 28 heavy (non-hydrogen) atoms. The minimum atomic E-state index is -0.108. The molecule has 2 N–H and O–H groups in total. The average molecular weight is 398 g/mol. The number of H-pyrrole nitrogens is 1. The second kappa shape index (κ2) is 7.71. The van der Waals surface area contributed by atoms with Crippen molar-refractivity contribution < 1.29 is 9.59 Å². The van der Waals surface area contributed by atoms with Crippen LogP contribution in [0.1, 0.15) is 44.2 Å². The number of rotatable bonds is 5. The molecule has 1 aliphatic rings. The predicted molar refractivity (Wildman–Crippen MR) is 109 cm³/mol. The monoisotopic (exact) mass is 397 g/mol. The molecule has 8 heteroatoms. The molecule has 4 rings (SSSR count). The number of fused-ring (bicyclic) bond motifs is 1. The van der Waals surface area contributed by atoms with Gasteiger partial charge in [0.15, 0.2) is 5.13 Å². The topological polar surface area (TPSA) is 91.0 Å². The molecule has 0 saturated carbocycles. The molecule has 3 aromatic rings. The summed E-state index contributed by atoms with van der Waals surface area (Å²) in [6.45, 7) is 4.39. The zero-order valence-corrected chi connectivity index (χ0v) is 16.8. The second-order valence-corrected chi connectivity index (χ2v) is 8.21. The summed E-state index contributed by atoms with van der Waals surface area (Å²) < 4.78 is 0. The standard InChI is InChI=1S/C20H23N5O2S/c1-12(2)19(27)24-20-21-13(11-28-20)10-17(26)25-9-5-8-16(25)18-22-14-6-3-4-7-15(14)23-18/h3-4,6-7,11-12,16H,5,8-10H2,1-2H3,(H,22,23)(H,21,24,27)/t16-/m1/s1. The number of likely N-dealkylation sites (tertiary alicyclic amines) is 1. The van der Waals surface area contributed by atoms with Crippen LogP contribution < -0.4 is 5.32 Å². The number of para-hydroxylation sites is 2. The zero-order valence-electron chi connectivity index (χ0n) is 15.9. The first kappa shape index (κ1) is 18.6. The first-order valence-electron chi connectivity index (χ1n) is 9.50. The fourth-order valence-electron chi connectivity index (χ4n) is 3.43. The van der Waals surface area contributed by atoms with Gasteiger partial charge in [0.1, 0.15) is 5.82 Å². The van der Waals surface area contributed by atoms with Gasteiger partial charge in [-0.1, -0.05) is 26.0 Å². The van der Waals surface area contributed by atoms with E-state index in [9.17, 15) is 9.59 Å². The van der Waals surface area contributed by atoms with Crippen molar-refractivity contribution in [2.75, 3.05) is 11.9 Å². The van der Waals surface area contributed by atoms with Gasteiger partial charge in [-0.25, -0.2) is 9.97 Å². The van der Waals surface area contributed by atoms with Crippen LogP contribution in [0.2, 0.25) is 0 Å². The van der Waals surface area contributed by atoms with Gasteiger partial charge in [0.05, 0.1) is 29.2 Å². The van der Waals surface area contributed by atoms with Gasteiger partial charge >= 0.3 is 0 Å². The molecule has 1 fully saturated rings. The highest BCUT2D eigenvalue weighted by molar-refractivity contribution is 7.13. The van der Waals surface area contributed by atoms with Gasteiger partial charge in [0, 0.05) is 17.8 Å². The molecule has 146 valence electrons. The Morgan fingerprint density at radius 2 is 2.14 bits per heavy atom. The maximum atomic E-state index is 12.9. The van der Waals surface area contributed by atoms with Crippen molar-refractivity contribution in [2.24, 2.45) is 5.92 Å². The lowest BCUT2D eigenvalue weighted by atomic mass is 10.2. The largest absolute Gasteiger partial charge is 0.340 e. The minimum Gasteiger partial charge on any atom is -0.340 e. The van der Waals surface area contributed by atoms with Gasteiger partial charge in [-0.15, -0.1) is 11.3 Å². The Bertz CT molecular complexity index is 976. The molecule has 3 heterocycles. The van der Waals surface area contributed by atoms with Crippen LogP contribution in [0.5, 0.6) is 0 Å². The summed E-state index contributed by atoms with van der Waals surface area (Å²) in [6.07, 6.45) is 2.09. The lowest BCUT2D eigenvalue weighted by molar-refractivity contribution is -0.131. The quantitative estimate of drug-likeness (QED) is 0.689. The van der Waals surface area contributed by atoms with Gasteiger partial charge in [0.25, 0.3) is 0 Å². The van der Waals surface area contributed by atoms with Crippen LogP contribution in [0.3, 0.4) is 0 Å². The van der Waals surface area contributed by atoms with E-state index in [4.69, 9.17) is 0 Å². The van der Waals surface area contributed by atoms with E-state index in [1.807, 2.05) is 48.4 Å². The lowest BCUT2D eigenvalue weighted by Crippen LogP contribution is -2.32. The number of nitrogens with one attached hydrogen (secondary N) is 2. The first-order valence-corrected chi connectivity index (χ1v) is 10.4. The zero-order chi connectivity index (χ0) is 19.7. The molecule has 0 spiro atoms. The number of amides is 2. The number of imidazole rings is 1. The highest BCUT2D eigenvalue weighted by Crippen LogP contribution is 2.32. The summed E-state index contributed by atoms with van der Waals surface area (Å²) in [5.74, 6) is 0.699. The third-order valence-corrected chi connectivity index (χ3v) is 5.74. The summed E-state index contributed by atoms with van der Waals surface area (Å²) in [4.78, 5) is 39.0. The molecule has 7 nitrogen and oxygen atoms in total. The highest BCUT2D eigenvalue weighted by Gasteiger charge is 2.32. The van der Waals surface area contributed by atoms with Crippen molar-refractivity contribution in [1.29, 1.82) is 0 Å². The third-order valence-electron chi connectivity index (χ3n) is 4.94. The number of hydrogen-bond donors (Lipinski definition) is 2. The number of thiazole rings is 1. The maximum absolute atomic E-state index is 12.9. The van der Waals surface area contributed by atoms with E-state index >= 15 is 0 Å². The average Bonchev–Trinajstić information content (AvgIpc) is 3.40. The molecule has 0 bridgehead atoms. The van der Waals surface area contributed by atoms with Gasteiger partial charge in [0.2, 0.25) is 11.8 Å². The molecule has 2 aromatic heterocycles. The number of aromatic nitrogens is 3. The van der Waals surface area contributed by atoms with Crippen molar-refractivity contribution >= 4 is 39.3 Å². The van der Waals surface area contributed by atoms with Crippen LogP contribution in [0.15, 0.2) is 29.6 Å². The van der Waals surface area contributed by atoms with E-state index in [-0.39, 0.29) is 30.2 Å². The van der Waals surface area contributed by atoms with Crippen LogP contribution in [-0.2, 0) is 16.0 Å². The normalized spacial score (nSPS) is 16.8. The van der Waals surface area contributed by atoms with Crippen LogP contribution in [-0.4, -0.2) is 38.2 Å². The SMILES string of the molecule is CC(C)C(=O)Nc1nc(CC(=O)N2CCC[C@@H]2c2nc3ccccc3[nH]2)cs1. The Morgan fingerprint density at radius 1 is 1.32 bits per heavy atom. The van der Waals surface area contributed by atoms with Crippen molar-refractivity contribution in [3.63, 3.8) is 0 Å². The lowest BCUT2D eigenvalue weighted by Gasteiger charge is -2.22. The summed E-state index contributed by atoms with van der Waals surface area (Å²) in [5.41, 5.74) is 2.59. The highest BCUT2D eigenvalue weighted by atomic mass is 32.1. The van der Waals surface area contributed by atoms with E-state index in [1.54, 1.807) is 0 Å². The van der Waals surface area contributed by atoms with Crippen LogP contribution in [0, 0.1) is 5.92 Å². The number of carbonyl (C=O) groups excluding carboxylic acids is 2. The van der Waals surface area contributed by atoms with E-state index < -0.39 is 0 Å². The number of hydrogen-bond acceptors (Lipinski definition) is 5. The summed E-state index contributed by atoms with van der Waals surface area (Å²) in [7, 11) is 0. The summed E-state index contributed by atoms with van der Waals surface area (Å²) >= 11 is 1.35. The molecule has 2 amide bonds. The third kappa shape index (κ3) is 3.77. The predicted octanol–water partition coefficient (Wildman–Crippen LogP) is 3.52. The molecule has 0 radical (unpaired) electrons. The number of carbonyl (C=O) groups is 2. The van der Waals surface area contributed by atoms with Crippen LogP contribution >= 0.6 is 11.3 Å². The number of nitrogens with zero attached hydrogens (tertiary/aromatic N) is 3. The Hall–Kier alpha value is -2.74. The van der Waals surface area contributed by atoms with Crippen molar-refractivity contribution in [3.05, 3.63) is 41.2 Å². The molecular weight excluding hydrogens is 374 g/mol. The fraction of sp³-hybridized carbons (Fsp3) is 0.400. The van der Waals surface area contributed by atoms with Gasteiger partial charge in [-0.05, 0) is 25.0 Å². The van der Waals surface area contributed by atoms with Crippen molar-refractivity contribution in [2.45, 2.75) is 39.2 Å². The van der Waals surface area contributed by atoms with E-state index in [2.05, 4.69) is 20.3 Å². The smallest absolute Gasteiger partial charge is 0.229 e. The summed E-state index contributed by atoms with van der Waals surface area (Å²) in [6, 6.07) is 7.87. The molecule has 1 aliphatic heterocycles. The van der Waals surface area contributed by atoms with Crippen LogP contribution in [0.4, 0.5) is 5.13 Å². The van der Waals surface area contributed by atoms with E-state index in [0.717, 1.165) is 36.2 Å². The number of benzene rings is 1. The Kier molecular flexibility index (Phi) is 5.13. The number of aromatic amines is 1. The molecule has 1 aromatic carbocycles. The molecule has 1 atom stereocenters. The fourth-order valence-corrected chi connectivity index (χ4v) is 4.14. The van der Waals surface area contributed by atoms with Crippen molar-refractivity contribution in [3.8, 4) is 0 Å². The van der Waals surface area contributed by atoms with E-state index in [0.29, 0.717) is 10.8 Å². The minimum absolute atomic E-state index is 0.0290. The Labute approximate surface area is 167 Å². The molecule has 0 unspecified atom stereocenters.